The van der Waals surface area contributed by atoms with E-state index < -0.39 is 15.7 Å². The molecule has 154 valence electrons. The Morgan fingerprint density at radius 2 is 1.93 bits per heavy atom. The summed E-state index contributed by atoms with van der Waals surface area (Å²) in [7, 11) is -3.64. The van der Waals surface area contributed by atoms with Gasteiger partial charge in [0.2, 0.25) is 5.76 Å². The maximum Gasteiger partial charge on any atom is 0.290 e. The fourth-order valence-electron chi connectivity index (χ4n) is 3.61. The summed E-state index contributed by atoms with van der Waals surface area (Å²) < 4.78 is 42.4. The van der Waals surface area contributed by atoms with Crippen LogP contribution in [-0.2, 0) is 30.7 Å². The third-order valence-electron chi connectivity index (χ3n) is 5.01. The van der Waals surface area contributed by atoms with E-state index in [-0.39, 0.29) is 35.7 Å². The number of ether oxygens (including phenoxy) is 2. The van der Waals surface area contributed by atoms with Crippen LogP contribution in [0.4, 0.5) is 0 Å². The number of amides is 1. The monoisotopic (exact) mass is 417 g/mol. The van der Waals surface area contributed by atoms with Crippen molar-refractivity contribution in [3.63, 3.8) is 0 Å². The van der Waals surface area contributed by atoms with Crippen LogP contribution in [0.5, 0.6) is 0 Å². The molecule has 1 amide bonds. The van der Waals surface area contributed by atoms with Gasteiger partial charge in [-0.15, -0.1) is 0 Å². The van der Waals surface area contributed by atoms with Gasteiger partial charge in [0.1, 0.15) is 17.3 Å². The molecule has 1 aromatic heterocycles. The average Bonchev–Trinajstić information content (AvgIpc) is 3.41. The summed E-state index contributed by atoms with van der Waals surface area (Å²) in [5.41, 5.74) is 0.450. The Bertz CT molecular complexity index is 975. The average molecular weight is 417 g/mol. The van der Waals surface area contributed by atoms with E-state index in [0.717, 1.165) is 12.8 Å². The van der Waals surface area contributed by atoms with E-state index in [0.29, 0.717) is 24.5 Å². The zero-order valence-corrected chi connectivity index (χ0v) is 16.8. The largest absolute Gasteiger partial charge is 0.486 e. The van der Waals surface area contributed by atoms with Crippen molar-refractivity contribution in [1.29, 1.82) is 0 Å². The lowest BCUT2D eigenvalue weighted by Crippen LogP contribution is -2.40. The number of hydrogen-bond donors (Lipinski definition) is 0. The predicted molar refractivity (Wildman–Crippen MR) is 106 cm³/mol. The van der Waals surface area contributed by atoms with E-state index in [1.807, 2.05) is 0 Å². The van der Waals surface area contributed by atoms with E-state index in [4.69, 9.17) is 13.9 Å². The van der Waals surface area contributed by atoms with Gasteiger partial charge in [0.25, 0.3) is 5.91 Å². The zero-order valence-electron chi connectivity index (χ0n) is 16.0. The Balaban J connectivity index is 1.72. The Morgan fingerprint density at radius 1 is 1.10 bits per heavy atom. The van der Waals surface area contributed by atoms with Crippen LogP contribution in [0.1, 0.15) is 24.2 Å². The molecule has 3 heterocycles. The molecule has 2 aliphatic heterocycles. The van der Waals surface area contributed by atoms with Crippen LogP contribution in [0.3, 0.4) is 0 Å². The van der Waals surface area contributed by atoms with Gasteiger partial charge in [-0.2, -0.15) is 0 Å². The molecule has 1 saturated heterocycles. The first-order chi connectivity index (χ1) is 14.0. The van der Waals surface area contributed by atoms with Gasteiger partial charge in [0, 0.05) is 13.2 Å². The minimum Gasteiger partial charge on any atom is -0.486 e. The maximum atomic E-state index is 13.5. The topological polar surface area (TPSA) is 86.0 Å². The molecule has 2 aliphatic rings. The van der Waals surface area contributed by atoms with Crippen LogP contribution in [0.15, 0.2) is 58.9 Å². The molecule has 29 heavy (non-hydrogen) atoms. The second-order valence-corrected chi connectivity index (χ2v) is 9.14. The van der Waals surface area contributed by atoms with Gasteiger partial charge in [-0.25, -0.2) is 8.42 Å². The highest BCUT2D eigenvalue weighted by Gasteiger charge is 2.36. The van der Waals surface area contributed by atoms with Gasteiger partial charge in [-0.1, -0.05) is 30.3 Å². The molecular weight excluding hydrogens is 394 g/mol. The summed E-state index contributed by atoms with van der Waals surface area (Å²) in [4.78, 5) is 15.0. The Labute approximate surface area is 169 Å². The van der Waals surface area contributed by atoms with Crippen molar-refractivity contribution in [3.05, 3.63) is 65.8 Å². The van der Waals surface area contributed by atoms with Crippen LogP contribution >= 0.6 is 0 Å². The molecule has 0 spiro atoms. The highest BCUT2D eigenvalue weighted by molar-refractivity contribution is 8.00. The van der Waals surface area contributed by atoms with Crippen molar-refractivity contribution in [3.8, 4) is 0 Å². The lowest BCUT2D eigenvalue weighted by Gasteiger charge is -2.28. The number of sulfone groups is 1. The number of carbonyl (C=O) groups is 1. The minimum atomic E-state index is -3.64. The van der Waals surface area contributed by atoms with Crippen molar-refractivity contribution in [2.45, 2.75) is 25.5 Å². The molecule has 1 aromatic carbocycles. The van der Waals surface area contributed by atoms with E-state index in [2.05, 4.69) is 0 Å². The number of hydrogen-bond acceptors (Lipinski definition) is 6. The summed E-state index contributed by atoms with van der Waals surface area (Å²) in [5, 5.41) is 0. The highest BCUT2D eigenvalue weighted by Crippen LogP contribution is 2.31. The van der Waals surface area contributed by atoms with Gasteiger partial charge < -0.3 is 18.8 Å². The first kappa shape index (κ1) is 19.7. The standard InChI is InChI=1S/C21H23NO6S/c23-21(22(14-17-8-4-10-26-17)15-18-9-5-11-27-18)19-20(16-6-2-1-3-7-16)29(24,25)13-12-28-19/h1-4,6-8,10,18H,5,9,11-15H2/t18-/m1/s1. The van der Waals surface area contributed by atoms with Gasteiger partial charge >= 0.3 is 0 Å². The molecule has 0 radical (unpaired) electrons. The molecule has 0 unspecified atom stereocenters. The van der Waals surface area contributed by atoms with Crippen molar-refractivity contribution in [2.75, 3.05) is 25.5 Å². The molecule has 0 aliphatic carbocycles. The number of benzene rings is 1. The van der Waals surface area contributed by atoms with Crippen LogP contribution < -0.4 is 0 Å². The highest BCUT2D eigenvalue weighted by atomic mass is 32.2. The van der Waals surface area contributed by atoms with Gasteiger partial charge in [0.05, 0.1) is 24.7 Å². The summed E-state index contributed by atoms with van der Waals surface area (Å²) >= 11 is 0. The predicted octanol–water partition coefficient (Wildman–Crippen LogP) is 2.60. The lowest BCUT2D eigenvalue weighted by atomic mass is 10.1. The van der Waals surface area contributed by atoms with E-state index in [1.165, 1.54) is 0 Å². The van der Waals surface area contributed by atoms with Crippen LogP contribution in [-0.4, -0.2) is 50.8 Å². The Hall–Kier alpha value is -2.58. The van der Waals surface area contributed by atoms with Crippen LogP contribution in [0, 0.1) is 0 Å². The number of furan rings is 1. The van der Waals surface area contributed by atoms with Gasteiger partial charge in [-0.05, 0) is 30.5 Å². The van der Waals surface area contributed by atoms with E-state index >= 15 is 0 Å². The Morgan fingerprint density at radius 3 is 2.62 bits per heavy atom. The summed E-state index contributed by atoms with van der Waals surface area (Å²) in [6.45, 7) is 1.17. The van der Waals surface area contributed by atoms with Crippen molar-refractivity contribution >= 4 is 20.6 Å². The number of carbonyl (C=O) groups excluding carboxylic acids is 1. The van der Waals surface area contributed by atoms with Crippen LogP contribution in [0.25, 0.3) is 4.91 Å². The SMILES string of the molecule is O=C(C1=C(c2ccccc2)S(=O)(=O)CCO1)N(Cc1ccco1)C[C@H]1CCCO1. The summed E-state index contributed by atoms with van der Waals surface area (Å²) in [6, 6.07) is 12.1. The molecule has 0 N–H and O–H groups in total. The second-order valence-electron chi connectivity index (χ2n) is 7.09. The molecule has 2 aromatic rings. The summed E-state index contributed by atoms with van der Waals surface area (Å²) in [6.07, 6.45) is 3.25. The fraction of sp³-hybridized carbons (Fsp3) is 0.381. The fourth-order valence-corrected chi connectivity index (χ4v) is 5.04. The molecular formula is C21H23NO6S. The molecule has 1 atom stereocenters. The first-order valence-corrected chi connectivity index (χ1v) is 11.3. The number of nitrogens with zero attached hydrogens (tertiary/aromatic N) is 1. The normalized spacial score (nSPS) is 21.0. The first-order valence-electron chi connectivity index (χ1n) is 9.63. The van der Waals surface area contributed by atoms with E-state index in [9.17, 15) is 13.2 Å². The number of rotatable bonds is 6. The Kier molecular flexibility index (Phi) is 5.73. The molecule has 0 bridgehead atoms. The third kappa shape index (κ3) is 4.38. The molecule has 8 heteroatoms. The van der Waals surface area contributed by atoms with Crippen LogP contribution in [0.2, 0.25) is 0 Å². The molecule has 1 fully saturated rings. The minimum absolute atomic E-state index is 0.0474. The maximum absolute atomic E-state index is 13.5. The smallest absolute Gasteiger partial charge is 0.290 e. The molecule has 4 rings (SSSR count). The third-order valence-corrected chi connectivity index (χ3v) is 6.76. The van der Waals surface area contributed by atoms with Crippen molar-refractivity contribution in [2.24, 2.45) is 0 Å². The van der Waals surface area contributed by atoms with Crippen molar-refractivity contribution in [1.82, 2.24) is 4.90 Å². The van der Waals surface area contributed by atoms with Crippen molar-refractivity contribution < 1.29 is 27.1 Å². The molecule has 7 nitrogen and oxygen atoms in total. The lowest BCUT2D eigenvalue weighted by molar-refractivity contribution is -0.133. The van der Waals surface area contributed by atoms with Gasteiger partial charge in [-0.3, -0.25) is 4.79 Å². The second kappa shape index (κ2) is 8.42. The quantitative estimate of drug-likeness (QED) is 0.718. The molecule has 0 saturated carbocycles. The zero-order chi connectivity index (χ0) is 20.3. The van der Waals surface area contributed by atoms with E-state index in [1.54, 1.807) is 53.6 Å². The summed E-state index contributed by atoms with van der Waals surface area (Å²) in [5.74, 6) is -0.152. The van der Waals surface area contributed by atoms with Gasteiger partial charge in [0.15, 0.2) is 9.84 Å².